The number of hydrogen-bond acceptors (Lipinski definition) is 6. The van der Waals surface area contributed by atoms with Crippen LogP contribution in [0.3, 0.4) is 0 Å². The van der Waals surface area contributed by atoms with Gasteiger partial charge in [-0.15, -0.1) is 0 Å². The molecule has 0 fully saturated rings. The lowest BCUT2D eigenvalue weighted by Gasteiger charge is -2.18. The minimum atomic E-state index is 0.216. The van der Waals surface area contributed by atoms with Crippen LogP contribution in [-0.4, -0.2) is 62.9 Å². The molecule has 0 atom stereocenters. The fraction of sp³-hybridized carbons (Fsp3) is 0.391. The summed E-state index contributed by atoms with van der Waals surface area (Å²) in [6.45, 7) is 7.01. The normalized spacial score (nSPS) is 11.4. The van der Waals surface area contributed by atoms with E-state index < -0.39 is 0 Å². The summed E-state index contributed by atoms with van der Waals surface area (Å²) < 4.78 is 0. The van der Waals surface area contributed by atoms with Crippen LogP contribution in [0, 0.1) is 0 Å². The largest absolute Gasteiger partial charge is 0.507 e. The van der Waals surface area contributed by atoms with Crippen molar-refractivity contribution in [2.45, 2.75) is 20.3 Å². The zero-order valence-corrected chi connectivity index (χ0v) is 17.8. The Bertz CT molecular complexity index is 849. The molecule has 0 unspecified atom stereocenters. The van der Waals surface area contributed by atoms with Crippen LogP contribution in [0.1, 0.15) is 31.4 Å². The first-order valence-electron chi connectivity index (χ1n) is 10.0. The lowest BCUT2D eigenvalue weighted by Crippen LogP contribution is -2.17. The Kier molecular flexibility index (Phi) is 8.52. The Morgan fingerprint density at radius 1 is 0.793 bits per heavy atom. The van der Waals surface area contributed by atoms with Crippen LogP contribution in [0.2, 0.25) is 0 Å². The SMILES string of the molecule is CCCN(C)c1ccc(C=NCCN=Cc2ccc(N(C)CC)cc2O)c(O)c1. The Hall–Kier alpha value is -3.02. The van der Waals surface area contributed by atoms with E-state index in [4.69, 9.17) is 0 Å². The molecule has 2 N–H and O–H groups in total. The first-order valence-corrected chi connectivity index (χ1v) is 10.0. The number of nitrogens with zero attached hydrogens (tertiary/aromatic N) is 4. The summed E-state index contributed by atoms with van der Waals surface area (Å²) in [6, 6.07) is 11.2. The number of anilines is 2. The summed E-state index contributed by atoms with van der Waals surface area (Å²) in [6.07, 6.45) is 4.39. The molecule has 156 valence electrons. The van der Waals surface area contributed by atoms with Crippen LogP contribution < -0.4 is 9.80 Å². The summed E-state index contributed by atoms with van der Waals surface area (Å²) in [5.41, 5.74) is 3.34. The van der Waals surface area contributed by atoms with Gasteiger partial charge < -0.3 is 20.0 Å². The van der Waals surface area contributed by atoms with E-state index in [1.54, 1.807) is 24.6 Å². The quantitative estimate of drug-likeness (QED) is 0.471. The van der Waals surface area contributed by atoms with E-state index >= 15 is 0 Å². The molecule has 0 saturated carbocycles. The van der Waals surface area contributed by atoms with Crippen molar-refractivity contribution in [3.8, 4) is 11.5 Å². The van der Waals surface area contributed by atoms with Crippen LogP contribution in [-0.2, 0) is 0 Å². The monoisotopic (exact) mass is 396 g/mol. The average Bonchev–Trinajstić information content (AvgIpc) is 2.71. The van der Waals surface area contributed by atoms with E-state index in [1.807, 2.05) is 38.4 Å². The lowest BCUT2D eigenvalue weighted by atomic mass is 10.2. The van der Waals surface area contributed by atoms with Gasteiger partial charge in [0.1, 0.15) is 11.5 Å². The third kappa shape index (κ3) is 6.52. The van der Waals surface area contributed by atoms with Gasteiger partial charge in [0.05, 0.1) is 13.1 Å². The topological polar surface area (TPSA) is 71.7 Å². The highest BCUT2D eigenvalue weighted by Gasteiger charge is 2.05. The number of aromatic hydroxyl groups is 2. The van der Waals surface area contributed by atoms with Crippen molar-refractivity contribution >= 4 is 23.8 Å². The zero-order chi connectivity index (χ0) is 21.2. The molecule has 0 aliphatic carbocycles. The van der Waals surface area contributed by atoms with Gasteiger partial charge in [-0.25, -0.2) is 0 Å². The molecule has 6 heteroatoms. The first kappa shape index (κ1) is 22.3. The Morgan fingerprint density at radius 2 is 1.28 bits per heavy atom. The molecule has 0 saturated heterocycles. The van der Waals surface area contributed by atoms with E-state index in [0.29, 0.717) is 24.2 Å². The van der Waals surface area contributed by atoms with Gasteiger partial charge in [0, 0.05) is 74.2 Å². The third-order valence-electron chi connectivity index (χ3n) is 4.76. The molecule has 0 heterocycles. The highest BCUT2D eigenvalue weighted by molar-refractivity contribution is 5.85. The molecule has 0 bridgehead atoms. The summed E-state index contributed by atoms with van der Waals surface area (Å²) in [5.74, 6) is 0.438. The number of aliphatic imine (C=N–C) groups is 2. The molecular weight excluding hydrogens is 364 g/mol. The number of phenolic OH excluding ortho intramolecular Hbond substituents is 2. The maximum atomic E-state index is 10.2. The first-order chi connectivity index (χ1) is 14.0. The number of benzene rings is 2. The fourth-order valence-electron chi connectivity index (χ4n) is 2.85. The van der Waals surface area contributed by atoms with Gasteiger partial charge in [-0.1, -0.05) is 6.92 Å². The molecule has 2 aromatic carbocycles. The lowest BCUT2D eigenvalue weighted by molar-refractivity contribution is 0.474. The van der Waals surface area contributed by atoms with Crippen LogP contribution in [0.25, 0.3) is 0 Å². The standard InChI is InChI=1S/C23H32N4O2/c1-5-13-27(4)21-10-8-19(23(29)15-21)17-25-12-11-24-16-18-7-9-20(14-22(18)28)26(3)6-2/h7-10,14-17,28-29H,5-6,11-13H2,1-4H3. The highest BCUT2D eigenvalue weighted by atomic mass is 16.3. The smallest absolute Gasteiger partial charge is 0.126 e. The van der Waals surface area contributed by atoms with Crippen LogP contribution in [0.5, 0.6) is 11.5 Å². The predicted molar refractivity (Wildman–Crippen MR) is 124 cm³/mol. The Balaban J connectivity index is 1.88. The molecule has 0 radical (unpaired) electrons. The minimum Gasteiger partial charge on any atom is -0.507 e. The second-order valence-corrected chi connectivity index (χ2v) is 6.99. The highest BCUT2D eigenvalue weighted by Crippen LogP contribution is 2.24. The van der Waals surface area contributed by atoms with Gasteiger partial charge >= 0.3 is 0 Å². The summed E-state index contributed by atoms with van der Waals surface area (Å²) in [5, 5.41) is 20.3. The van der Waals surface area contributed by atoms with Gasteiger partial charge in [0.25, 0.3) is 0 Å². The van der Waals surface area contributed by atoms with Crippen LogP contribution in [0.15, 0.2) is 46.4 Å². The number of phenols is 2. The van der Waals surface area contributed by atoms with Crippen molar-refractivity contribution in [3.63, 3.8) is 0 Å². The average molecular weight is 397 g/mol. The molecule has 0 aromatic heterocycles. The zero-order valence-electron chi connectivity index (χ0n) is 17.8. The fourth-order valence-corrected chi connectivity index (χ4v) is 2.85. The predicted octanol–water partition coefficient (Wildman–Crippen LogP) is 3.94. The third-order valence-corrected chi connectivity index (χ3v) is 4.76. The molecular formula is C23H32N4O2. The molecule has 6 nitrogen and oxygen atoms in total. The van der Waals surface area contributed by atoms with Crippen molar-refractivity contribution in [2.24, 2.45) is 9.98 Å². The Labute approximate surface area is 173 Å². The van der Waals surface area contributed by atoms with Crippen molar-refractivity contribution in [1.29, 1.82) is 0 Å². The number of rotatable bonds is 10. The molecule has 29 heavy (non-hydrogen) atoms. The minimum absolute atomic E-state index is 0.216. The van der Waals surface area contributed by atoms with Crippen molar-refractivity contribution < 1.29 is 10.2 Å². The maximum absolute atomic E-state index is 10.2. The van der Waals surface area contributed by atoms with E-state index in [0.717, 1.165) is 30.9 Å². The molecule has 2 aromatic rings. The van der Waals surface area contributed by atoms with E-state index in [-0.39, 0.29) is 11.5 Å². The van der Waals surface area contributed by atoms with E-state index in [9.17, 15) is 10.2 Å². The maximum Gasteiger partial charge on any atom is 0.126 e. The van der Waals surface area contributed by atoms with Gasteiger partial charge in [-0.3, -0.25) is 9.98 Å². The molecule has 2 rings (SSSR count). The molecule has 0 aliphatic heterocycles. The van der Waals surface area contributed by atoms with Crippen LogP contribution in [0.4, 0.5) is 11.4 Å². The Morgan fingerprint density at radius 3 is 1.69 bits per heavy atom. The second-order valence-electron chi connectivity index (χ2n) is 6.99. The van der Waals surface area contributed by atoms with Gasteiger partial charge in [-0.2, -0.15) is 0 Å². The van der Waals surface area contributed by atoms with Gasteiger partial charge in [0.2, 0.25) is 0 Å². The molecule has 0 spiro atoms. The molecule has 0 amide bonds. The number of hydrogen-bond donors (Lipinski definition) is 2. The van der Waals surface area contributed by atoms with Crippen molar-refractivity contribution in [3.05, 3.63) is 47.5 Å². The van der Waals surface area contributed by atoms with Crippen molar-refractivity contribution in [2.75, 3.05) is 50.1 Å². The summed E-state index contributed by atoms with van der Waals surface area (Å²) in [7, 11) is 3.99. The van der Waals surface area contributed by atoms with Crippen molar-refractivity contribution in [1.82, 2.24) is 0 Å². The van der Waals surface area contributed by atoms with Gasteiger partial charge in [-0.05, 0) is 37.6 Å². The van der Waals surface area contributed by atoms with E-state index in [2.05, 4.69) is 33.6 Å². The summed E-state index contributed by atoms with van der Waals surface area (Å²) >= 11 is 0. The van der Waals surface area contributed by atoms with Gasteiger partial charge in [0.15, 0.2) is 0 Å². The van der Waals surface area contributed by atoms with E-state index in [1.165, 1.54) is 0 Å². The summed E-state index contributed by atoms with van der Waals surface area (Å²) in [4.78, 5) is 12.8. The van der Waals surface area contributed by atoms with Crippen LogP contribution >= 0.6 is 0 Å². The molecule has 0 aliphatic rings. The second kappa shape index (κ2) is 11.1.